The van der Waals surface area contributed by atoms with Crippen molar-refractivity contribution in [2.75, 3.05) is 0 Å². The first-order valence-corrected chi connectivity index (χ1v) is 10.4. The molecule has 1 amide bonds. The van der Waals surface area contributed by atoms with Crippen molar-refractivity contribution in [1.29, 1.82) is 0 Å². The Balaban J connectivity index is 1.37. The second-order valence-electron chi connectivity index (χ2n) is 7.14. The molecule has 1 aliphatic rings. The van der Waals surface area contributed by atoms with E-state index in [1.54, 1.807) is 17.4 Å². The Morgan fingerprint density at radius 2 is 2.14 bits per heavy atom. The summed E-state index contributed by atoms with van der Waals surface area (Å²) in [5.74, 6) is -0.219. The van der Waals surface area contributed by atoms with E-state index in [9.17, 15) is 9.59 Å². The highest BCUT2D eigenvalue weighted by Gasteiger charge is 2.22. The minimum absolute atomic E-state index is 0.0210. The molecule has 3 aromatic heterocycles. The number of hydrogen-bond acceptors (Lipinski definition) is 5. The van der Waals surface area contributed by atoms with E-state index in [0.29, 0.717) is 5.52 Å². The average molecular weight is 405 g/mol. The Labute approximate surface area is 170 Å². The van der Waals surface area contributed by atoms with Crippen LogP contribution in [0.5, 0.6) is 0 Å². The minimum Gasteiger partial charge on any atom is -0.348 e. The SMILES string of the molecule is O=C(Cn1ncn2nc(-c3cccs3)cc2c1=O)N[C@@H]1CCCc2ccccc21. The van der Waals surface area contributed by atoms with Crippen LogP contribution >= 0.6 is 11.3 Å². The zero-order valence-corrected chi connectivity index (χ0v) is 16.4. The number of carbonyl (C=O) groups excluding carboxylic acids is 1. The topological polar surface area (TPSA) is 81.3 Å². The number of rotatable bonds is 4. The van der Waals surface area contributed by atoms with Crippen LogP contribution in [0.4, 0.5) is 0 Å². The van der Waals surface area contributed by atoms with E-state index in [1.807, 2.05) is 29.6 Å². The van der Waals surface area contributed by atoms with Gasteiger partial charge in [-0.1, -0.05) is 30.3 Å². The lowest BCUT2D eigenvalue weighted by molar-refractivity contribution is -0.122. The van der Waals surface area contributed by atoms with Crippen molar-refractivity contribution in [1.82, 2.24) is 24.7 Å². The zero-order chi connectivity index (χ0) is 19.8. The average Bonchev–Trinajstić information content (AvgIpc) is 3.40. The standard InChI is InChI=1S/C21H19N5O2S/c27-20(23-16-8-3-6-14-5-1-2-7-15(14)16)12-25-21(28)18-11-17(19-9-4-10-29-19)24-26(18)13-22-25/h1-2,4-5,7,9-11,13,16H,3,6,8,12H2,(H,23,27)/t16-/m1/s1. The smallest absolute Gasteiger partial charge is 0.293 e. The highest BCUT2D eigenvalue weighted by Crippen LogP contribution is 2.29. The predicted octanol–water partition coefficient (Wildman–Crippen LogP) is 2.81. The van der Waals surface area contributed by atoms with E-state index in [2.05, 4.69) is 27.6 Å². The molecular formula is C21H19N5O2S. The fraction of sp³-hybridized carbons (Fsp3) is 0.238. The second kappa shape index (κ2) is 7.29. The number of thiophene rings is 1. The van der Waals surface area contributed by atoms with Gasteiger partial charge >= 0.3 is 0 Å². The Hall–Kier alpha value is -3.26. The van der Waals surface area contributed by atoms with Gasteiger partial charge in [-0.25, -0.2) is 9.20 Å². The van der Waals surface area contributed by atoms with Crippen LogP contribution in [0.25, 0.3) is 16.1 Å². The number of aromatic nitrogens is 4. The number of carbonyl (C=O) groups is 1. The molecule has 146 valence electrons. The number of aryl methyl sites for hydroxylation is 1. The maximum absolute atomic E-state index is 12.8. The van der Waals surface area contributed by atoms with Gasteiger partial charge in [0.25, 0.3) is 5.56 Å². The Kier molecular flexibility index (Phi) is 4.48. The van der Waals surface area contributed by atoms with Crippen LogP contribution in [0.15, 0.2) is 59.0 Å². The number of amides is 1. The van der Waals surface area contributed by atoms with Gasteiger partial charge < -0.3 is 5.32 Å². The lowest BCUT2D eigenvalue weighted by atomic mass is 9.88. The first-order valence-electron chi connectivity index (χ1n) is 9.55. The highest BCUT2D eigenvalue weighted by molar-refractivity contribution is 7.13. The van der Waals surface area contributed by atoms with Crippen molar-refractivity contribution in [3.05, 3.63) is 75.7 Å². The molecule has 1 aliphatic carbocycles. The molecule has 0 spiro atoms. The van der Waals surface area contributed by atoms with Crippen LogP contribution in [0.3, 0.4) is 0 Å². The van der Waals surface area contributed by atoms with E-state index in [-0.39, 0.29) is 24.1 Å². The van der Waals surface area contributed by atoms with Gasteiger partial charge in [0.05, 0.1) is 10.9 Å². The molecule has 0 aliphatic heterocycles. The monoisotopic (exact) mass is 405 g/mol. The molecular weight excluding hydrogens is 386 g/mol. The summed E-state index contributed by atoms with van der Waals surface area (Å²) < 4.78 is 2.66. The molecule has 0 bridgehead atoms. The van der Waals surface area contributed by atoms with E-state index in [0.717, 1.165) is 29.8 Å². The Morgan fingerprint density at radius 1 is 1.24 bits per heavy atom. The molecule has 4 aromatic rings. The maximum Gasteiger partial charge on any atom is 0.293 e. The van der Waals surface area contributed by atoms with Gasteiger partial charge in [0, 0.05) is 0 Å². The van der Waals surface area contributed by atoms with Gasteiger partial charge in [0.15, 0.2) is 0 Å². The molecule has 0 fully saturated rings. The molecule has 1 aromatic carbocycles. The number of nitrogens with zero attached hydrogens (tertiary/aromatic N) is 4. The minimum atomic E-state index is -0.331. The molecule has 3 heterocycles. The highest BCUT2D eigenvalue weighted by atomic mass is 32.1. The third kappa shape index (κ3) is 3.36. The van der Waals surface area contributed by atoms with Crippen LogP contribution < -0.4 is 10.9 Å². The van der Waals surface area contributed by atoms with E-state index >= 15 is 0 Å². The molecule has 5 rings (SSSR count). The summed E-state index contributed by atoms with van der Waals surface area (Å²) in [6.45, 7) is -0.118. The van der Waals surface area contributed by atoms with Crippen molar-refractivity contribution in [2.24, 2.45) is 0 Å². The number of fused-ring (bicyclic) bond motifs is 2. The van der Waals surface area contributed by atoms with Crippen LogP contribution in [-0.2, 0) is 17.8 Å². The lowest BCUT2D eigenvalue weighted by Crippen LogP contribution is -2.37. The zero-order valence-electron chi connectivity index (χ0n) is 15.6. The molecule has 1 atom stereocenters. The summed E-state index contributed by atoms with van der Waals surface area (Å²) in [5, 5.41) is 13.6. The number of benzene rings is 1. The molecule has 1 N–H and O–H groups in total. The molecule has 8 heteroatoms. The van der Waals surface area contributed by atoms with Crippen LogP contribution in [0.2, 0.25) is 0 Å². The third-order valence-corrected chi connectivity index (χ3v) is 6.15. The Morgan fingerprint density at radius 3 is 3.00 bits per heavy atom. The molecule has 7 nitrogen and oxygen atoms in total. The van der Waals surface area contributed by atoms with Crippen molar-refractivity contribution in [3.8, 4) is 10.6 Å². The number of hydrogen-bond donors (Lipinski definition) is 1. The Bertz CT molecular complexity index is 1240. The molecule has 0 saturated heterocycles. The second-order valence-corrected chi connectivity index (χ2v) is 8.09. The molecule has 0 saturated carbocycles. The van der Waals surface area contributed by atoms with Crippen LogP contribution in [0, 0.1) is 0 Å². The van der Waals surface area contributed by atoms with Crippen molar-refractivity contribution >= 4 is 22.8 Å². The van der Waals surface area contributed by atoms with Crippen molar-refractivity contribution in [3.63, 3.8) is 0 Å². The third-order valence-electron chi connectivity index (χ3n) is 5.26. The largest absolute Gasteiger partial charge is 0.348 e. The van der Waals surface area contributed by atoms with E-state index in [1.165, 1.54) is 26.7 Å². The fourth-order valence-corrected chi connectivity index (χ4v) is 4.56. The fourth-order valence-electron chi connectivity index (χ4n) is 3.88. The molecule has 0 unspecified atom stereocenters. The van der Waals surface area contributed by atoms with Gasteiger partial charge in [-0.3, -0.25) is 9.59 Å². The summed E-state index contributed by atoms with van der Waals surface area (Å²) in [7, 11) is 0. The van der Waals surface area contributed by atoms with Crippen molar-refractivity contribution < 1.29 is 4.79 Å². The van der Waals surface area contributed by atoms with Gasteiger partial charge in [-0.2, -0.15) is 10.2 Å². The predicted molar refractivity (Wildman–Crippen MR) is 111 cm³/mol. The summed E-state index contributed by atoms with van der Waals surface area (Å²) >= 11 is 1.56. The van der Waals surface area contributed by atoms with Crippen LogP contribution in [0.1, 0.15) is 30.0 Å². The van der Waals surface area contributed by atoms with Crippen molar-refractivity contribution in [2.45, 2.75) is 31.8 Å². The van der Waals surface area contributed by atoms with E-state index in [4.69, 9.17) is 0 Å². The van der Waals surface area contributed by atoms with E-state index < -0.39 is 0 Å². The normalized spacial score (nSPS) is 15.9. The summed E-state index contributed by atoms with van der Waals surface area (Å²) in [5.41, 5.74) is 3.24. The first-order chi connectivity index (χ1) is 14.2. The molecule has 29 heavy (non-hydrogen) atoms. The molecule has 0 radical (unpaired) electrons. The van der Waals surface area contributed by atoms with Gasteiger partial charge in [-0.15, -0.1) is 11.3 Å². The summed E-state index contributed by atoms with van der Waals surface area (Å²) in [6.07, 6.45) is 4.44. The van der Waals surface area contributed by atoms with Gasteiger partial charge in [0.1, 0.15) is 24.1 Å². The van der Waals surface area contributed by atoms with Gasteiger partial charge in [0.2, 0.25) is 5.91 Å². The summed E-state index contributed by atoms with van der Waals surface area (Å²) in [4.78, 5) is 26.4. The maximum atomic E-state index is 12.8. The van der Waals surface area contributed by atoms with Crippen LogP contribution in [-0.4, -0.2) is 25.3 Å². The summed E-state index contributed by atoms with van der Waals surface area (Å²) in [6, 6.07) is 13.8. The number of nitrogens with one attached hydrogen (secondary N) is 1. The van der Waals surface area contributed by atoms with Gasteiger partial charge in [-0.05, 0) is 47.9 Å². The lowest BCUT2D eigenvalue weighted by Gasteiger charge is -2.26. The quantitative estimate of drug-likeness (QED) is 0.566. The first kappa shape index (κ1) is 17.8.